The average molecular weight is 294 g/mol. The number of carbonyl (C=O) groups is 2. The van der Waals surface area contributed by atoms with Gasteiger partial charge in [0.1, 0.15) is 0 Å². The first-order valence-corrected chi connectivity index (χ1v) is 7.86. The number of amides is 3. The standard InChI is InChI=1S/C13H18N4O2S/c1-2-16(10-3-4-10)11(18)7-9-8-20-13(15-9)17-6-5-14-12(17)19/h8,10H,2-7H2,1H3,(H,14,19). The van der Waals surface area contributed by atoms with Gasteiger partial charge in [-0.1, -0.05) is 0 Å². The molecule has 0 spiro atoms. The van der Waals surface area contributed by atoms with Gasteiger partial charge in [0.15, 0.2) is 5.13 Å². The summed E-state index contributed by atoms with van der Waals surface area (Å²) in [4.78, 5) is 31.8. The average Bonchev–Trinajstić information content (AvgIpc) is 2.98. The normalized spacial score (nSPS) is 18.2. The van der Waals surface area contributed by atoms with Crippen LogP contribution in [0.1, 0.15) is 25.5 Å². The molecule has 108 valence electrons. The minimum Gasteiger partial charge on any atom is -0.340 e. The summed E-state index contributed by atoms with van der Waals surface area (Å²) in [5, 5.41) is 5.30. The summed E-state index contributed by atoms with van der Waals surface area (Å²) < 4.78 is 0. The van der Waals surface area contributed by atoms with E-state index in [1.54, 1.807) is 4.90 Å². The van der Waals surface area contributed by atoms with Gasteiger partial charge < -0.3 is 10.2 Å². The Morgan fingerprint density at radius 2 is 2.40 bits per heavy atom. The van der Waals surface area contributed by atoms with Gasteiger partial charge in [-0.25, -0.2) is 9.78 Å². The fourth-order valence-electron chi connectivity index (χ4n) is 2.44. The Hall–Kier alpha value is -1.63. The molecule has 0 aromatic carbocycles. The summed E-state index contributed by atoms with van der Waals surface area (Å²) in [6.45, 7) is 4.06. The topological polar surface area (TPSA) is 65.5 Å². The Balaban J connectivity index is 1.64. The number of nitrogens with one attached hydrogen (secondary N) is 1. The lowest BCUT2D eigenvalue weighted by Crippen LogP contribution is -2.34. The summed E-state index contributed by atoms with van der Waals surface area (Å²) in [6.07, 6.45) is 2.57. The number of carbonyl (C=O) groups excluding carboxylic acids is 2. The van der Waals surface area contributed by atoms with E-state index in [-0.39, 0.29) is 11.9 Å². The van der Waals surface area contributed by atoms with Crippen molar-refractivity contribution in [1.82, 2.24) is 15.2 Å². The highest BCUT2D eigenvalue weighted by Crippen LogP contribution is 2.28. The van der Waals surface area contributed by atoms with E-state index in [1.807, 2.05) is 17.2 Å². The number of aromatic nitrogens is 1. The van der Waals surface area contributed by atoms with Crippen molar-refractivity contribution in [2.45, 2.75) is 32.2 Å². The first-order valence-electron chi connectivity index (χ1n) is 6.98. The number of rotatable bonds is 5. The van der Waals surface area contributed by atoms with E-state index in [0.29, 0.717) is 30.7 Å². The molecule has 6 nitrogen and oxygen atoms in total. The highest BCUT2D eigenvalue weighted by molar-refractivity contribution is 7.14. The Labute approximate surface area is 121 Å². The predicted molar refractivity (Wildman–Crippen MR) is 77.0 cm³/mol. The van der Waals surface area contributed by atoms with Crippen LogP contribution >= 0.6 is 11.3 Å². The molecule has 3 amide bonds. The monoisotopic (exact) mass is 294 g/mol. The van der Waals surface area contributed by atoms with Crippen molar-refractivity contribution >= 4 is 28.4 Å². The van der Waals surface area contributed by atoms with Crippen molar-refractivity contribution in [2.75, 3.05) is 24.5 Å². The molecular formula is C13H18N4O2S. The highest BCUT2D eigenvalue weighted by Gasteiger charge is 2.31. The van der Waals surface area contributed by atoms with Gasteiger partial charge in [-0.15, -0.1) is 11.3 Å². The van der Waals surface area contributed by atoms with Crippen molar-refractivity contribution < 1.29 is 9.59 Å². The molecule has 1 aliphatic heterocycles. The molecule has 1 aromatic rings. The van der Waals surface area contributed by atoms with Crippen molar-refractivity contribution in [3.63, 3.8) is 0 Å². The fourth-order valence-corrected chi connectivity index (χ4v) is 3.29. The number of thiazole rings is 1. The summed E-state index contributed by atoms with van der Waals surface area (Å²) in [5.74, 6) is 0.137. The van der Waals surface area contributed by atoms with Crippen LogP contribution in [-0.2, 0) is 11.2 Å². The zero-order chi connectivity index (χ0) is 14.1. The van der Waals surface area contributed by atoms with Crippen molar-refractivity contribution in [3.8, 4) is 0 Å². The Morgan fingerprint density at radius 1 is 1.60 bits per heavy atom. The second-order valence-corrected chi connectivity index (χ2v) is 5.93. The quantitative estimate of drug-likeness (QED) is 0.888. The first-order chi connectivity index (χ1) is 9.69. The van der Waals surface area contributed by atoms with Gasteiger partial charge in [0.05, 0.1) is 12.1 Å². The van der Waals surface area contributed by atoms with E-state index >= 15 is 0 Å². The summed E-state index contributed by atoms with van der Waals surface area (Å²) >= 11 is 1.42. The van der Waals surface area contributed by atoms with E-state index in [9.17, 15) is 9.59 Å². The van der Waals surface area contributed by atoms with E-state index in [4.69, 9.17) is 0 Å². The van der Waals surface area contributed by atoms with E-state index in [0.717, 1.165) is 25.1 Å². The molecule has 1 aromatic heterocycles. The molecule has 2 fully saturated rings. The zero-order valence-electron chi connectivity index (χ0n) is 11.5. The summed E-state index contributed by atoms with van der Waals surface area (Å²) in [7, 11) is 0. The maximum Gasteiger partial charge on any atom is 0.323 e. The molecule has 1 saturated heterocycles. The van der Waals surface area contributed by atoms with Gasteiger partial charge in [0.2, 0.25) is 5.91 Å². The van der Waals surface area contributed by atoms with Gasteiger partial charge >= 0.3 is 6.03 Å². The Kier molecular flexibility index (Phi) is 3.60. The van der Waals surface area contributed by atoms with Crippen LogP contribution in [0.3, 0.4) is 0 Å². The van der Waals surface area contributed by atoms with Crippen LogP contribution in [0.15, 0.2) is 5.38 Å². The number of nitrogens with zero attached hydrogens (tertiary/aromatic N) is 3. The third-order valence-corrected chi connectivity index (χ3v) is 4.52. The summed E-state index contributed by atoms with van der Waals surface area (Å²) in [5.41, 5.74) is 0.758. The molecule has 0 radical (unpaired) electrons. The van der Waals surface area contributed by atoms with Crippen LogP contribution in [0.25, 0.3) is 0 Å². The van der Waals surface area contributed by atoms with Gasteiger partial charge in [-0.05, 0) is 19.8 Å². The predicted octanol–water partition coefficient (Wildman–Crippen LogP) is 1.23. The molecule has 1 N–H and O–H groups in total. The zero-order valence-corrected chi connectivity index (χ0v) is 12.3. The highest BCUT2D eigenvalue weighted by atomic mass is 32.1. The first kappa shape index (κ1) is 13.4. The molecule has 2 aliphatic rings. The molecule has 0 atom stereocenters. The maximum absolute atomic E-state index is 12.2. The van der Waals surface area contributed by atoms with Crippen LogP contribution < -0.4 is 10.2 Å². The van der Waals surface area contributed by atoms with Crippen molar-refractivity contribution in [2.24, 2.45) is 0 Å². The number of urea groups is 1. The van der Waals surface area contributed by atoms with Crippen molar-refractivity contribution in [3.05, 3.63) is 11.1 Å². The second-order valence-electron chi connectivity index (χ2n) is 5.09. The van der Waals surface area contributed by atoms with Crippen LogP contribution in [-0.4, -0.2) is 47.5 Å². The molecular weight excluding hydrogens is 276 g/mol. The van der Waals surface area contributed by atoms with Gasteiger partial charge in [-0.3, -0.25) is 9.69 Å². The largest absolute Gasteiger partial charge is 0.340 e. The molecule has 0 bridgehead atoms. The number of likely N-dealkylation sites (N-methyl/N-ethyl adjacent to an activating group) is 1. The van der Waals surface area contributed by atoms with Gasteiger partial charge in [0, 0.05) is 31.1 Å². The van der Waals surface area contributed by atoms with Gasteiger partial charge in [0.25, 0.3) is 0 Å². The Morgan fingerprint density at radius 3 is 3.00 bits per heavy atom. The van der Waals surface area contributed by atoms with Crippen LogP contribution in [0, 0.1) is 0 Å². The third-order valence-electron chi connectivity index (χ3n) is 3.61. The minimum absolute atomic E-state index is 0.106. The second kappa shape index (κ2) is 5.40. The van der Waals surface area contributed by atoms with E-state index in [2.05, 4.69) is 10.3 Å². The molecule has 1 aliphatic carbocycles. The number of hydrogen-bond acceptors (Lipinski definition) is 4. The smallest absolute Gasteiger partial charge is 0.323 e. The summed E-state index contributed by atoms with van der Waals surface area (Å²) in [6, 6.07) is 0.334. The molecule has 2 heterocycles. The Bertz CT molecular complexity index is 526. The van der Waals surface area contributed by atoms with E-state index in [1.165, 1.54) is 11.3 Å². The lowest BCUT2D eigenvalue weighted by Gasteiger charge is -2.19. The molecule has 3 rings (SSSR count). The van der Waals surface area contributed by atoms with Crippen LogP contribution in [0.4, 0.5) is 9.93 Å². The molecule has 20 heavy (non-hydrogen) atoms. The lowest BCUT2D eigenvalue weighted by molar-refractivity contribution is -0.130. The van der Waals surface area contributed by atoms with Crippen LogP contribution in [0.5, 0.6) is 0 Å². The fraction of sp³-hybridized carbons (Fsp3) is 0.615. The van der Waals surface area contributed by atoms with Gasteiger partial charge in [-0.2, -0.15) is 0 Å². The minimum atomic E-state index is -0.106. The van der Waals surface area contributed by atoms with Crippen LogP contribution in [0.2, 0.25) is 0 Å². The number of hydrogen-bond donors (Lipinski definition) is 1. The third kappa shape index (κ3) is 2.63. The number of anilines is 1. The van der Waals surface area contributed by atoms with E-state index < -0.39 is 0 Å². The SMILES string of the molecule is CCN(C(=O)Cc1csc(N2CCNC2=O)n1)C1CC1. The lowest BCUT2D eigenvalue weighted by atomic mass is 10.3. The van der Waals surface area contributed by atoms with Crippen molar-refractivity contribution in [1.29, 1.82) is 0 Å². The maximum atomic E-state index is 12.2. The molecule has 7 heteroatoms. The molecule has 0 unspecified atom stereocenters. The molecule has 1 saturated carbocycles.